The second-order valence-electron chi connectivity index (χ2n) is 4.85. The number of nitrogens with one attached hydrogen (secondary N) is 1. The van der Waals surface area contributed by atoms with Gasteiger partial charge >= 0.3 is 0 Å². The van der Waals surface area contributed by atoms with Crippen molar-refractivity contribution in [3.63, 3.8) is 0 Å². The summed E-state index contributed by atoms with van der Waals surface area (Å²) in [5, 5.41) is 12.2. The highest BCUT2D eigenvalue weighted by Gasteiger charge is 2.05. The van der Waals surface area contributed by atoms with Gasteiger partial charge in [-0.3, -0.25) is 0 Å². The second kappa shape index (κ2) is 7.71. The molecule has 2 N–H and O–H groups in total. The average Bonchev–Trinajstić information content (AvgIpc) is 2.91. The molecule has 0 aliphatic rings. The number of rotatable bonds is 8. The number of aromatic nitrogens is 1. The number of ether oxygens (including phenoxy) is 2. The molecule has 0 spiro atoms. The number of aryl methyl sites for hydroxylation is 1. The predicted molar refractivity (Wildman–Crippen MR) is 81.5 cm³/mol. The van der Waals surface area contributed by atoms with Crippen LogP contribution in [0.5, 0.6) is 11.5 Å². The summed E-state index contributed by atoms with van der Waals surface area (Å²) in [5.41, 5.74) is 2.38. The third kappa shape index (κ3) is 4.51. The summed E-state index contributed by atoms with van der Waals surface area (Å²) < 4.78 is 12.8. The molecule has 0 aliphatic carbocycles. The Bertz CT molecular complexity index is 566. The predicted octanol–water partition coefficient (Wildman–Crippen LogP) is 1.69. The van der Waals surface area contributed by atoms with Crippen molar-refractivity contribution in [1.82, 2.24) is 9.88 Å². The largest absolute Gasteiger partial charge is 0.493 e. The average molecular weight is 290 g/mol. The third-order valence-corrected chi connectivity index (χ3v) is 3.13. The van der Waals surface area contributed by atoms with E-state index >= 15 is 0 Å². The van der Waals surface area contributed by atoms with E-state index in [0.717, 1.165) is 18.7 Å². The Morgan fingerprint density at radius 1 is 1.14 bits per heavy atom. The van der Waals surface area contributed by atoms with E-state index in [1.807, 2.05) is 36.0 Å². The van der Waals surface area contributed by atoms with Crippen LogP contribution in [0.1, 0.15) is 11.1 Å². The molecule has 114 valence electrons. The van der Waals surface area contributed by atoms with Crippen LogP contribution in [-0.2, 0) is 20.1 Å². The molecule has 5 heteroatoms. The minimum absolute atomic E-state index is 0.0104. The lowest BCUT2D eigenvalue weighted by Crippen LogP contribution is -2.12. The molecule has 5 nitrogen and oxygen atoms in total. The van der Waals surface area contributed by atoms with Gasteiger partial charge in [-0.15, -0.1) is 0 Å². The van der Waals surface area contributed by atoms with Gasteiger partial charge in [0.2, 0.25) is 0 Å². The Balaban J connectivity index is 1.90. The lowest BCUT2D eigenvalue weighted by atomic mass is 10.2. The van der Waals surface area contributed by atoms with Crippen molar-refractivity contribution in [3.8, 4) is 11.5 Å². The van der Waals surface area contributed by atoms with Gasteiger partial charge < -0.3 is 24.5 Å². The van der Waals surface area contributed by atoms with E-state index in [0.29, 0.717) is 11.5 Å². The van der Waals surface area contributed by atoms with Crippen LogP contribution in [0.2, 0.25) is 0 Å². The van der Waals surface area contributed by atoms with Gasteiger partial charge in [0.15, 0.2) is 11.5 Å². The second-order valence-corrected chi connectivity index (χ2v) is 4.85. The lowest BCUT2D eigenvalue weighted by Gasteiger charge is -2.12. The van der Waals surface area contributed by atoms with E-state index in [1.54, 1.807) is 7.11 Å². The fraction of sp³-hybridized carbons (Fsp3) is 0.375. The number of aliphatic hydroxyl groups is 1. The molecule has 0 amide bonds. The van der Waals surface area contributed by atoms with Crippen LogP contribution in [-0.4, -0.2) is 30.0 Å². The number of methoxy groups -OCH3 is 1. The Labute approximate surface area is 125 Å². The van der Waals surface area contributed by atoms with Crippen LogP contribution in [0.15, 0.2) is 36.7 Å². The van der Waals surface area contributed by atoms with Crippen LogP contribution in [0.3, 0.4) is 0 Å². The van der Waals surface area contributed by atoms with Gasteiger partial charge in [-0.05, 0) is 29.3 Å². The van der Waals surface area contributed by atoms with Gasteiger partial charge in [0.05, 0.1) is 13.7 Å². The molecular formula is C16H22N2O3. The van der Waals surface area contributed by atoms with Crippen molar-refractivity contribution in [3.05, 3.63) is 47.8 Å². The van der Waals surface area contributed by atoms with Crippen molar-refractivity contribution in [2.24, 2.45) is 7.05 Å². The molecular weight excluding hydrogens is 268 g/mol. The maximum absolute atomic E-state index is 8.79. The van der Waals surface area contributed by atoms with Crippen LogP contribution >= 0.6 is 0 Å². The van der Waals surface area contributed by atoms with Gasteiger partial charge in [0.1, 0.15) is 6.61 Å². The summed E-state index contributed by atoms with van der Waals surface area (Å²) >= 11 is 0. The zero-order valence-electron chi connectivity index (χ0n) is 12.5. The van der Waals surface area contributed by atoms with Gasteiger partial charge in [-0.25, -0.2) is 0 Å². The maximum atomic E-state index is 8.79. The van der Waals surface area contributed by atoms with Crippen molar-refractivity contribution in [2.45, 2.75) is 13.1 Å². The smallest absolute Gasteiger partial charge is 0.161 e. The number of hydrogen-bond donors (Lipinski definition) is 2. The first-order valence-corrected chi connectivity index (χ1v) is 6.95. The molecule has 1 aromatic heterocycles. The summed E-state index contributed by atoms with van der Waals surface area (Å²) in [7, 11) is 3.63. The summed E-state index contributed by atoms with van der Waals surface area (Å²) in [4.78, 5) is 0. The highest BCUT2D eigenvalue weighted by molar-refractivity contribution is 5.42. The van der Waals surface area contributed by atoms with Crippen LogP contribution in [0.25, 0.3) is 0 Å². The van der Waals surface area contributed by atoms with Crippen molar-refractivity contribution >= 4 is 0 Å². The first kappa shape index (κ1) is 15.4. The fourth-order valence-electron chi connectivity index (χ4n) is 2.11. The van der Waals surface area contributed by atoms with Crippen LogP contribution in [0, 0.1) is 0 Å². The monoisotopic (exact) mass is 290 g/mol. The number of nitrogens with zero attached hydrogens (tertiary/aromatic N) is 1. The standard InChI is InChI=1S/C16H22N2O3/c1-18-6-5-14(12-18)11-17-10-13-3-4-15(21-8-7-19)16(9-13)20-2/h3-6,9,12,17,19H,7-8,10-11H2,1-2H3. The molecule has 21 heavy (non-hydrogen) atoms. The molecule has 0 unspecified atom stereocenters. The molecule has 0 fully saturated rings. The lowest BCUT2D eigenvalue weighted by molar-refractivity contribution is 0.196. The van der Waals surface area contributed by atoms with Crippen molar-refractivity contribution < 1.29 is 14.6 Å². The summed E-state index contributed by atoms with van der Waals surface area (Å²) in [6, 6.07) is 7.91. The van der Waals surface area contributed by atoms with E-state index in [9.17, 15) is 0 Å². The van der Waals surface area contributed by atoms with E-state index in [4.69, 9.17) is 14.6 Å². The van der Waals surface area contributed by atoms with E-state index in [1.165, 1.54) is 5.56 Å². The normalized spacial score (nSPS) is 10.6. The molecule has 2 rings (SSSR count). The first-order chi connectivity index (χ1) is 10.2. The fourth-order valence-corrected chi connectivity index (χ4v) is 2.11. The van der Waals surface area contributed by atoms with Gasteiger partial charge in [0, 0.05) is 32.5 Å². The van der Waals surface area contributed by atoms with Crippen molar-refractivity contribution in [2.75, 3.05) is 20.3 Å². The Kier molecular flexibility index (Phi) is 5.66. The number of benzene rings is 1. The highest BCUT2D eigenvalue weighted by Crippen LogP contribution is 2.27. The van der Waals surface area contributed by atoms with E-state index in [2.05, 4.69) is 17.6 Å². The first-order valence-electron chi connectivity index (χ1n) is 6.95. The van der Waals surface area contributed by atoms with Crippen LogP contribution in [0.4, 0.5) is 0 Å². The Morgan fingerprint density at radius 3 is 2.62 bits per heavy atom. The zero-order chi connectivity index (χ0) is 15.1. The Morgan fingerprint density at radius 2 is 1.95 bits per heavy atom. The maximum Gasteiger partial charge on any atom is 0.161 e. The highest BCUT2D eigenvalue weighted by atomic mass is 16.5. The van der Waals surface area contributed by atoms with Crippen LogP contribution < -0.4 is 14.8 Å². The molecule has 2 aromatic rings. The molecule has 0 radical (unpaired) electrons. The minimum Gasteiger partial charge on any atom is -0.493 e. The van der Waals surface area contributed by atoms with E-state index < -0.39 is 0 Å². The summed E-state index contributed by atoms with van der Waals surface area (Å²) in [6.45, 7) is 1.84. The Hall–Kier alpha value is -1.98. The quantitative estimate of drug-likeness (QED) is 0.777. The molecule has 1 heterocycles. The van der Waals surface area contributed by atoms with Gasteiger partial charge in [-0.1, -0.05) is 6.07 Å². The number of hydrogen-bond acceptors (Lipinski definition) is 4. The molecule has 1 aromatic carbocycles. The summed E-state index contributed by atoms with van der Waals surface area (Å²) in [6.07, 6.45) is 4.13. The number of aliphatic hydroxyl groups excluding tert-OH is 1. The topological polar surface area (TPSA) is 55.7 Å². The molecule has 0 atom stereocenters. The van der Waals surface area contributed by atoms with Gasteiger partial charge in [-0.2, -0.15) is 0 Å². The van der Waals surface area contributed by atoms with E-state index in [-0.39, 0.29) is 13.2 Å². The summed E-state index contributed by atoms with van der Waals surface area (Å²) in [5.74, 6) is 1.33. The SMILES string of the molecule is COc1cc(CNCc2ccn(C)c2)ccc1OCCO. The minimum atomic E-state index is -0.0104. The van der Waals surface area contributed by atoms with Gasteiger partial charge in [0.25, 0.3) is 0 Å². The van der Waals surface area contributed by atoms with Crippen molar-refractivity contribution in [1.29, 1.82) is 0 Å². The molecule has 0 bridgehead atoms. The molecule has 0 aliphatic heterocycles. The molecule has 0 saturated carbocycles. The zero-order valence-corrected chi connectivity index (χ0v) is 12.5. The molecule has 0 saturated heterocycles. The third-order valence-electron chi connectivity index (χ3n) is 3.13.